The van der Waals surface area contributed by atoms with E-state index in [2.05, 4.69) is 10.2 Å². The molecule has 3 heterocycles. The van der Waals surface area contributed by atoms with Crippen molar-refractivity contribution in [3.63, 3.8) is 0 Å². The highest BCUT2D eigenvalue weighted by atomic mass is 32.1. The molecule has 1 fully saturated rings. The molecule has 1 aliphatic rings. The summed E-state index contributed by atoms with van der Waals surface area (Å²) in [5.41, 5.74) is 0.910. The average Bonchev–Trinajstić information content (AvgIpc) is 3.28. The van der Waals surface area contributed by atoms with Crippen LogP contribution in [0.2, 0.25) is 0 Å². The lowest BCUT2D eigenvalue weighted by molar-refractivity contribution is 0.0638. The molecular weight excluding hydrogens is 390 g/mol. The normalized spacial score (nSPS) is 14.8. The van der Waals surface area contributed by atoms with E-state index in [1.165, 1.54) is 17.4 Å². The maximum absolute atomic E-state index is 12.4. The molecule has 150 valence electrons. The fourth-order valence-corrected chi connectivity index (χ4v) is 4.00. The maximum atomic E-state index is 12.4. The maximum Gasteiger partial charge on any atom is 0.287 e. The minimum atomic E-state index is -0.404. The van der Waals surface area contributed by atoms with Crippen molar-refractivity contribution in [3.8, 4) is 0 Å². The summed E-state index contributed by atoms with van der Waals surface area (Å²) in [6.07, 6.45) is 0. The Labute approximate surface area is 171 Å². The van der Waals surface area contributed by atoms with Gasteiger partial charge in [-0.3, -0.25) is 19.3 Å². The number of rotatable bonds is 5. The smallest absolute Gasteiger partial charge is 0.287 e. The lowest BCUT2D eigenvalue weighted by atomic mass is 10.2. The molecule has 2 amide bonds. The Morgan fingerprint density at radius 2 is 1.90 bits per heavy atom. The van der Waals surface area contributed by atoms with E-state index >= 15 is 0 Å². The average molecular weight is 411 g/mol. The highest BCUT2D eigenvalue weighted by molar-refractivity contribution is 7.08. The van der Waals surface area contributed by atoms with E-state index in [9.17, 15) is 14.4 Å². The fourth-order valence-electron chi connectivity index (χ4n) is 3.37. The summed E-state index contributed by atoms with van der Waals surface area (Å²) in [5.74, 6) is -0.315. The van der Waals surface area contributed by atoms with Gasteiger partial charge >= 0.3 is 0 Å². The summed E-state index contributed by atoms with van der Waals surface area (Å²) in [5, 5.41) is 7.04. The Balaban J connectivity index is 1.26. The lowest BCUT2D eigenvalue weighted by Crippen LogP contribution is -2.50. The molecule has 2 aromatic heterocycles. The Bertz CT molecular complexity index is 1070. The van der Waals surface area contributed by atoms with Gasteiger partial charge in [-0.2, -0.15) is 11.3 Å². The summed E-state index contributed by atoms with van der Waals surface area (Å²) >= 11 is 1.52. The van der Waals surface area contributed by atoms with Crippen LogP contribution in [-0.4, -0.2) is 60.9 Å². The summed E-state index contributed by atoms with van der Waals surface area (Å²) in [4.78, 5) is 40.9. The third-order valence-corrected chi connectivity index (χ3v) is 5.68. The Hall–Kier alpha value is -2.97. The molecule has 8 heteroatoms. The molecule has 29 heavy (non-hydrogen) atoms. The Morgan fingerprint density at radius 1 is 1.10 bits per heavy atom. The number of fused-ring (bicyclic) bond motifs is 1. The van der Waals surface area contributed by atoms with Gasteiger partial charge in [0.05, 0.1) is 10.9 Å². The zero-order valence-corrected chi connectivity index (χ0v) is 16.6. The van der Waals surface area contributed by atoms with E-state index < -0.39 is 5.91 Å². The van der Waals surface area contributed by atoms with Gasteiger partial charge in [-0.15, -0.1) is 0 Å². The molecule has 1 N–H and O–H groups in total. The van der Waals surface area contributed by atoms with Crippen LogP contribution >= 0.6 is 11.3 Å². The fraction of sp³-hybridized carbons (Fsp3) is 0.286. The van der Waals surface area contributed by atoms with Crippen LogP contribution in [0.25, 0.3) is 11.0 Å². The van der Waals surface area contributed by atoms with E-state index in [1.807, 2.05) is 21.7 Å². The van der Waals surface area contributed by atoms with Crippen LogP contribution in [0.4, 0.5) is 0 Å². The van der Waals surface area contributed by atoms with Crippen LogP contribution in [0, 0.1) is 0 Å². The first kappa shape index (κ1) is 19.4. The Kier molecular flexibility index (Phi) is 5.73. The van der Waals surface area contributed by atoms with Gasteiger partial charge in [-0.05, 0) is 23.6 Å². The molecule has 0 saturated carbocycles. The quantitative estimate of drug-likeness (QED) is 0.695. The summed E-state index contributed by atoms with van der Waals surface area (Å²) in [7, 11) is 0. The van der Waals surface area contributed by atoms with Crippen molar-refractivity contribution in [3.05, 3.63) is 68.7 Å². The van der Waals surface area contributed by atoms with Gasteiger partial charge in [-0.1, -0.05) is 12.1 Å². The second-order valence-electron chi connectivity index (χ2n) is 6.87. The van der Waals surface area contributed by atoms with Gasteiger partial charge in [-0.25, -0.2) is 0 Å². The zero-order valence-electron chi connectivity index (χ0n) is 15.8. The van der Waals surface area contributed by atoms with Crippen LogP contribution in [0.15, 0.2) is 56.4 Å². The molecule has 0 atom stereocenters. The number of nitrogens with one attached hydrogen (secondary N) is 1. The molecule has 0 unspecified atom stereocenters. The van der Waals surface area contributed by atoms with E-state index in [-0.39, 0.29) is 17.1 Å². The van der Waals surface area contributed by atoms with Crippen LogP contribution in [0.1, 0.15) is 20.9 Å². The number of carbonyl (C=O) groups excluding carboxylic acids is 2. The standard InChI is InChI=1S/C21H21N3O4S/c25-17-13-19(28-18-4-2-1-3-16(17)18)20(26)22-6-7-23-8-10-24(11-9-23)21(27)15-5-12-29-14-15/h1-5,12-14H,6-11H2,(H,22,26). The van der Waals surface area contributed by atoms with Crippen LogP contribution < -0.4 is 10.7 Å². The summed E-state index contributed by atoms with van der Waals surface area (Å²) in [6.45, 7) is 3.97. The van der Waals surface area contributed by atoms with Gasteiger partial charge in [0.2, 0.25) is 0 Å². The molecule has 1 aliphatic heterocycles. The summed E-state index contributed by atoms with van der Waals surface area (Å²) in [6, 6.07) is 9.94. The third kappa shape index (κ3) is 4.38. The van der Waals surface area contributed by atoms with E-state index in [0.717, 1.165) is 18.7 Å². The first-order valence-electron chi connectivity index (χ1n) is 9.47. The van der Waals surface area contributed by atoms with Crippen molar-refractivity contribution >= 4 is 34.1 Å². The van der Waals surface area contributed by atoms with Gasteiger partial charge in [0.15, 0.2) is 11.2 Å². The molecule has 0 bridgehead atoms. The molecule has 3 aromatic rings. The number of carbonyl (C=O) groups is 2. The number of nitrogens with zero attached hydrogens (tertiary/aromatic N) is 2. The van der Waals surface area contributed by atoms with E-state index in [4.69, 9.17) is 4.42 Å². The second-order valence-corrected chi connectivity index (χ2v) is 7.65. The number of piperazine rings is 1. The molecule has 1 aromatic carbocycles. The molecule has 7 nitrogen and oxygen atoms in total. The second kappa shape index (κ2) is 8.59. The topological polar surface area (TPSA) is 82.9 Å². The number of amides is 2. The number of para-hydroxylation sites is 1. The Morgan fingerprint density at radius 3 is 2.66 bits per heavy atom. The van der Waals surface area contributed by atoms with Gasteiger partial charge in [0.25, 0.3) is 11.8 Å². The highest BCUT2D eigenvalue weighted by Gasteiger charge is 2.22. The zero-order chi connectivity index (χ0) is 20.2. The number of thiophene rings is 1. The first-order valence-corrected chi connectivity index (χ1v) is 10.4. The van der Waals surface area contributed by atoms with E-state index in [1.54, 1.807) is 24.3 Å². The minimum Gasteiger partial charge on any atom is -0.451 e. The SMILES string of the molecule is O=C(NCCN1CCN(C(=O)c2ccsc2)CC1)c1cc(=O)c2ccccc2o1. The van der Waals surface area contributed by atoms with Crippen LogP contribution in [0.5, 0.6) is 0 Å². The molecule has 1 saturated heterocycles. The lowest BCUT2D eigenvalue weighted by Gasteiger charge is -2.34. The number of hydrogen-bond acceptors (Lipinski definition) is 6. The third-order valence-electron chi connectivity index (χ3n) is 5.00. The number of benzene rings is 1. The van der Waals surface area contributed by atoms with Gasteiger partial charge in [0.1, 0.15) is 5.58 Å². The number of hydrogen-bond donors (Lipinski definition) is 1. The first-order chi connectivity index (χ1) is 14.1. The van der Waals surface area contributed by atoms with Gasteiger partial charge in [0, 0.05) is 50.7 Å². The largest absolute Gasteiger partial charge is 0.451 e. The van der Waals surface area contributed by atoms with Gasteiger partial charge < -0.3 is 14.6 Å². The van der Waals surface area contributed by atoms with Crippen LogP contribution in [-0.2, 0) is 0 Å². The van der Waals surface area contributed by atoms with Crippen molar-refractivity contribution < 1.29 is 14.0 Å². The molecule has 0 spiro atoms. The highest BCUT2D eigenvalue weighted by Crippen LogP contribution is 2.13. The van der Waals surface area contributed by atoms with Crippen molar-refractivity contribution in [1.29, 1.82) is 0 Å². The molecule has 0 aliphatic carbocycles. The van der Waals surface area contributed by atoms with Crippen molar-refractivity contribution in [2.24, 2.45) is 0 Å². The molecule has 0 radical (unpaired) electrons. The minimum absolute atomic E-state index is 0.0138. The van der Waals surface area contributed by atoms with Crippen molar-refractivity contribution in [1.82, 2.24) is 15.1 Å². The van der Waals surface area contributed by atoms with Crippen molar-refractivity contribution in [2.45, 2.75) is 0 Å². The molecular formula is C21H21N3O4S. The molecule has 4 rings (SSSR count). The van der Waals surface area contributed by atoms with E-state index in [0.29, 0.717) is 37.1 Å². The predicted octanol–water partition coefficient (Wildman–Crippen LogP) is 2.04. The summed E-state index contributed by atoms with van der Waals surface area (Å²) < 4.78 is 5.55. The monoisotopic (exact) mass is 411 g/mol. The predicted molar refractivity (Wildman–Crippen MR) is 111 cm³/mol. The van der Waals surface area contributed by atoms with Crippen molar-refractivity contribution in [2.75, 3.05) is 39.3 Å². The van der Waals surface area contributed by atoms with Crippen LogP contribution in [0.3, 0.4) is 0 Å².